The first-order valence-corrected chi connectivity index (χ1v) is 4.20. The maximum absolute atomic E-state index is 4.60. The van der Waals surface area contributed by atoms with Gasteiger partial charge in [0.2, 0.25) is 0 Å². The van der Waals surface area contributed by atoms with Gasteiger partial charge in [0.15, 0.2) is 0 Å². The van der Waals surface area contributed by atoms with E-state index in [1.807, 2.05) is 0 Å². The zero-order valence-corrected chi connectivity index (χ0v) is 7.61. The van der Waals surface area contributed by atoms with Crippen molar-refractivity contribution in [3.05, 3.63) is 0 Å². The van der Waals surface area contributed by atoms with Crippen molar-refractivity contribution >= 4 is 0 Å². The van der Waals surface area contributed by atoms with Crippen LogP contribution in [0.4, 0.5) is 0 Å². The lowest BCUT2D eigenvalue weighted by Crippen LogP contribution is -1.85. The molecule has 0 heterocycles. The van der Waals surface area contributed by atoms with Gasteiger partial charge in [0.25, 0.3) is 0 Å². The Balaban J connectivity index is 0. The van der Waals surface area contributed by atoms with Crippen molar-refractivity contribution in [3.63, 3.8) is 0 Å². The van der Waals surface area contributed by atoms with Crippen LogP contribution in [0.15, 0.2) is 0 Å². The Kier molecular flexibility index (Phi) is 19.4. The minimum Gasteiger partial charge on any atom is -0.120 e. The molecule has 0 nitrogen and oxygen atoms in total. The molecule has 0 atom stereocenters. The number of hydrogen-bond donors (Lipinski definition) is 0. The van der Waals surface area contributed by atoms with Gasteiger partial charge in [-0.3, -0.25) is 0 Å². The first-order chi connectivity index (χ1) is 4.83. The van der Waals surface area contributed by atoms with E-state index >= 15 is 0 Å². The van der Waals surface area contributed by atoms with Gasteiger partial charge in [-0.25, -0.2) is 0 Å². The van der Waals surface area contributed by atoms with Gasteiger partial charge in [0.1, 0.15) is 0 Å². The summed E-state index contributed by atoms with van der Waals surface area (Å²) in [6, 6.07) is 0. The fourth-order valence-corrected chi connectivity index (χ4v) is 0.250. The van der Waals surface area contributed by atoms with Crippen LogP contribution in [0.2, 0.25) is 0 Å². The second-order valence-corrected chi connectivity index (χ2v) is 2.41. The molecule has 1 aliphatic rings. The third-order valence-electron chi connectivity index (χ3n) is 1.000. The highest BCUT2D eigenvalue weighted by Gasteiger charge is 1.95. The molecule has 60 valence electrons. The second kappa shape index (κ2) is 15.8. The van der Waals surface area contributed by atoms with Crippen LogP contribution in [-0.4, -0.2) is 0 Å². The smallest absolute Gasteiger partial charge is 0.00297 e. The third kappa shape index (κ3) is 25.7. The Hall–Kier alpha value is -0.440. The first kappa shape index (κ1) is 12.3. The molecule has 0 aromatic carbocycles. The highest BCUT2D eigenvalue weighted by molar-refractivity contribution is 4.73. The van der Waals surface area contributed by atoms with Crippen LogP contribution in [0.25, 0.3) is 0 Å². The molecule has 1 saturated carbocycles. The molecular weight excluding hydrogens is 120 g/mol. The van der Waals surface area contributed by atoms with Crippen molar-refractivity contribution in [2.24, 2.45) is 0 Å². The van der Waals surface area contributed by atoms with Gasteiger partial charge in [-0.2, -0.15) is 0 Å². The van der Waals surface area contributed by atoms with Crippen LogP contribution in [0.1, 0.15) is 52.9 Å². The summed E-state index contributed by atoms with van der Waals surface area (Å²) in [5.74, 6) is 2.25. The molecule has 0 bridgehead atoms. The highest BCUT2D eigenvalue weighted by atomic mass is 14.0. The summed E-state index contributed by atoms with van der Waals surface area (Å²) in [7, 11) is 0. The summed E-state index contributed by atoms with van der Waals surface area (Å²) < 4.78 is 0. The third-order valence-corrected chi connectivity index (χ3v) is 1.000. The van der Waals surface area contributed by atoms with Crippen LogP contribution in [0, 0.1) is 12.3 Å². The molecule has 10 heavy (non-hydrogen) atoms. The topological polar surface area (TPSA) is 0 Å². The van der Waals surface area contributed by atoms with E-state index in [-0.39, 0.29) is 0 Å². The van der Waals surface area contributed by atoms with Crippen molar-refractivity contribution in [3.8, 4) is 12.3 Å². The Bertz CT molecular complexity index is 58.6. The van der Waals surface area contributed by atoms with Gasteiger partial charge in [0, 0.05) is 0 Å². The predicted octanol–water partition coefficient (Wildman–Crippen LogP) is 3.62. The first-order valence-electron chi connectivity index (χ1n) is 4.20. The lowest BCUT2D eigenvalue weighted by Gasteiger charge is -2.05. The summed E-state index contributed by atoms with van der Waals surface area (Å²) in [4.78, 5) is 0. The van der Waals surface area contributed by atoms with Gasteiger partial charge in [-0.1, -0.05) is 46.0 Å². The van der Waals surface area contributed by atoms with E-state index in [4.69, 9.17) is 0 Å². The number of hydrogen-bond acceptors (Lipinski definition) is 0. The minimum atomic E-state index is 1.25. The van der Waals surface area contributed by atoms with E-state index in [1.54, 1.807) is 6.92 Å². The number of rotatable bonds is 0. The molecule has 1 fully saturated rings. The van der Waals surface area contributed by atoms with Gasteiger partial charge in [0.05, 0.1) is 0 Å². The summed E-state index contributed by atoms with van der Waals surface area (Å²) in [5, 5.41) is 0. The maximum Gasteiger partial charge on any atom is -0.00297 e. The molecule has 0 radical (unpaired) electrons. The molecule has 0 spiro atoms. The second-order valence-electron chi connectivity index (χ2n) is 2.41. The molecule has 0 aromatic rings. The van der Waals surface area contributed by atoms with Crippen molar-refractivity contribution in [2.75, 3.05) is 0 Å². The largest absolute Gasteiger partial charge is 0.120 e. The molecular formula is C10H20. The van der Waals surface area contributed by atoms with E-state index in [0.29, 0.717) is 0 Å². The van der Waals surface area contributed by atoms with Crippen molar-refractivity contribution in [1.29, 1.82) is 0 Å². The van der Waals surface area contributed by atoms with Crippen molar-refractivity contribution in [2.45, 2.75) is 52.9 Å². The summed E-state index contributed by atoms with van der Waals surface area (Å²) in [6.45, 7) is 5.90. The molecule has 0 unspecified atom stereocenters. The van der Waals surface area contributed by atoms with Gasteiger partial charge in [-0.05, 0) is 6.92 Å². The molecule has 1 rings (SSSR count). The number of terminal acetylenes is 1. The molecule has 0 heteroatoms. The van der Waals surface area contributed by atoms with Crippen LogP contribution in [0.3, 0.4) is 0 Å². The van der Waals surface area contributed by atoms with Crippen molar-refractivity contribution in [1.82, 2.24) is 0 Å². The zero-order chi connectivity index (χ0) is 8.24. The lowest BCUT2D eigenvalue weighted by molar-refractivity contribution is 0.504. The molecule has 1 aliphatic carbocycles. The van der Waals surface area contributed by atoms with E-state index in [9.17, 15) is 0 Å². The Morgan fingerprint density at radius 1 is 1.10 bits per heavy atom. The van der Waals surface area contributed by atoms with Crippen LogP contribution in [0.5, 0.6) is 0 Å². The van der Waals surface area contributed by atoms with Crippen LogP contribution in [-0.2, 0) is 0 Å². The monoisotopic (exact) mass is 140 g/mol. The van der Waals surface area contributed by atoms with E-state index < -0.39 is 0 Å². The van der Waals surface area contributed by atoms with Gasteiger partial charge >= 0.3 is 0 Å². The minimum absolute atomic E-state index is 1.25. The zero-order valence-electron chi connectivity index (χ0n) is 7.61. The van der Waals surface area contributed by atoms with Crippen LogP contribution >= 0.6 is 0 Å². The Labute approximate surface area is 66.0 Å². The molecule has 0 aliphatic heterocycles. The van der Waals surface area contributed by atoms with Gasteiger partial charge in [-0.15, -0.1) is 12.3 Å². The maximum atomic E-state index is 4.60. The van der Waals surface area contributed by atoms with E-state index in [1.165, 1.54) is 32.1 Å². The van der Waals surface area contributed by atoms with Crippen LogP contribution < -0.4 is 0 Å². The SMILES string of the molecule is C#CC.C1CCC1.CCC. The summed E-state index contributed by atoms with van der Waals surface area (Å²) >= 11 is 0. The standard InChI is InChI=1S/C4H8.C3H8.C3H4/c1-2-4-3-1;2*1-3-2/h1-4H2;3H2,1-2H3;1H,2H3. The average molecular weight is 140 g/mol. The molecule has 0 N–H and O–H groups in total. The Morgan fingerprint density at radius 2 is 1.20 bits per heavy atom. The van der Waals surface area contributed by atoms with E-state index in [2.05, 4.69) is 26.2 Å². The predicted molar refractivity (Wildman–Crippen MR) is 48.9 cm³/mol. The summed E-state index contributed by atoms with van der Waals surface area (Å²) in [5.41, 5.74) is 0. The average Bonchev–Trinajstić information content (AvgIpc) is 1.62. The van der Waals surface area contributed by atoms with Crippen molar-refractivity contribution < 1.29 is 0 Å². The molecule has 0 amide bonds. The Morgan fingerprint density at radius 3 is 1.20 bits per heavy atom. The summed E-state index contributed by atoms with van der Waals surface area (Å²) in [6.07, 6.45) is 11.8. The quantitative estimate of drug-likeness (QED) is 0.451. The lowest BCUT2D eigenvalue weighted by atomic mass is 10.0. The normalized spacial score (nSPS) is 12.2. The highest BCUT2D eigenvalue weighted by Crippen LogP contribution is 2.15. The fraction of sp³-hybridized carbons (Fsp3) is 0.800. The fourth-order valence-electron chi connectivity index (χ4n) is 0.250. The van der Waals surface area contributed by atoms with E-state index in [0.717, 1.165) is 0 Å². The van der Waals surface area contributed by atoms with Gasteiger partial charge < -0.3 is 0 Å². The molecule has 0 aromatic heterocycles. The molecule has 0 saturated heterocycles.